The topological polar surface area (TPSA) is 57.5 Å². The van der Waals surface area contributed by atoms with Crippen molar-refractivity contribution in [2.24, 2.45) is 0 Å². The minimum atomic E-state index is -0.925. The highest BCUT2D eigenvalue weighted by Crippen LogP contribution is 2.26. The van der Waals surface area contributed by atoms with Crippen LogP contribution < -0.4 is 0 Å². The zero-order valence-electron chi connectivity index (χ0n) is 7.23. The standard InChI is InChI=1S/C10H8O3S/c11-4-7-5-14-9-3-6(10(12)13)1-2-8(7)9/h1-3,5,11H,4H2,(H,12,13). The van der Waals surface area contributed by atoms with Gasteiger partial charge in [-0.15, -0.1) is 11.3 Å². The number of thiophene rings is 1. The van der Waals surface area contributed by atoms with E-state index in [1.165, 1.54) is 11.3 Å². The van der Waals surface area contributed by atoms with Crippen molar-refractivity contribution in [1.29, 1.82) is 0 Å². The summed E-state index contributed by atoms with van der Waals surface area (Å²) in [4.78, 5) is 10.7. The van der Waals surface area contributed by atoms with E-state index in [1.54, 1.807) is 18.2 Å². The molecule has 14 heavy (non-hydrogen) atoms. The van der Waals surface area contributed by atoms with E-state index < -0.39 is 5.97 Å². The lowest BCUT2D eigenvalue weighted by Gasteiger charge is -1.95. The lowest BCUT2D eigenvalue weighted by molar-refractivity contribution is 0.0697. The van der Waals surface area contributed by atoms with Crippen LogP contribution in [0.3, 0.4) is 0 Å². The van der Waals surface area contributed by atoms with Crippen molar-refractivity contribution >= 4 is 27.4 Å². The molecule has 0 spiro atoms. The molecule has 2 rings (SSSR count). The van der Waals surface area contributed by atoms with Crippen LogP contribution in [0.15, 0.2) is 23.6 Å². The van der Waals surface area contributed by atoms with Crippen LogP contribution in [-0.2, 0) is 6.61 Å². The molecule has 0 fully saturated rings. The summed E-state index contributed by atoms with van der Waals surface area (Å²) in [5.41, 5.74) is 1.13. The van der Waals surface area contributed by atoms with Gasteiger partial charge in [-0.05, 0) is 28.5 Å². The van der Waals surface area contributed by atoms with Gasteiger partial charge in [0.05, 0.1) is 12.2 Å². The second-order valence-corrected chi connectivity index (χ2v) is 3.85. The van der Waals surface area contributed by atoms with Crippen LogP contribution in [0, 0.1) is 0 Å². The van der Waals surface area contributed by atoms with Crippen LogP contribution in [-0.4, -0.2) is 16.2 Å². The summed E-state index contributed by atoms with van der Waals surface area (Å²) in [7, 11) is 0. The number of carboxylic acid groups (broad SMARTS) is 1. The van der Waals surface area contributed by atoms with Gasteiger partial charge in [-0.2, -0.15) is 0 Å². The van der Waals surface area contributed by atoms with Crippen LogP contribution in [0.5, 0.6) is 0 Å². The lowest BCUT2D eigenvalue weighted by atomic mass is 10.1. The van der Waals surface area contributed by atoms with Gasteiger partial charge in [-0.3, -0.25) is 0 Å². The Morgan fingerprint density at radius 3 is 2.86 bits per heavy atom. The molecule has 2 aromatic rings. The van der Waals surface area contributed by atoms with E-state index in [-0.39, 0.29) is 12.2 Å². The molecule has 0 amide bonds. The minimum Gasteiger partial charge on any atom is -0.478 e. The molecule has 72 valence electrons. The molecular weight excluding hydrogens is 200 g/mol. The summed E-state index contributed by atoms with van der Waals surface area (Å²) < 4.78 is 0.897. The first-order valence-electron chi connectivity index (χ1n) is 4.06. The van der Waals surface area contributed by atoms with Gasteiger partial charge in [-0.1, -0.05) is 6.07 Å². The number of carboxylic acids is 1. The van der Waals surface area contributed by atoms with E-state index in [4.69, 9.17) is 10.2 Å². The van der Waals surface area contributed by atoms with Crippen molar-refractivity contribution in [3.63, 3.8) is 0 Å². The van der Waals surface area contributed by atoms with Crippen molar-refractivity contribution in [2.75, 3.05) is 0 Å². The Labute approximate surface area is 84.2 Å². The molecule has 3 nitrogen and oxygen atoms in total. The van der Waals surface area contributed by atoms with Gasteiger partial charge in [0.25, 0.3) is 0 Å². The van der Waals surface area contributed by atoms with Crippen molar-refractivity contribution in [3.8, 4) is 0 Å². The Hall–Kier alpha value is -1.39. The average Bonchev–Trinajstić information content (AvgIpc) is 2.59. The number of fused-ring (bicyclic) bond motifs is 1. The molecule has 0 aliphatic carbocycles. The van der Waals surface area contributed by atoms with Gasteiger partial charge < -0.3 is 10.2 Å². The van der Waals surface area contributed by atoms with Gasteiger partial charge in [0, 0.05) is 4.70 Å². The van der Waals surface area contributed by atoms with Crippen LogP contribution in [0.4, 0.5) is 0 Å². The Balaban J connectivity index is 2.63. The predicted octanol–water partition coefficient (Wildman–Crippen LogP) is 2.09. The van der Waals surface area contributed by atoms with Gasteiger partial charge in [0.2, 0.25) is 0 Å². The smallest absolute Gasteiger partial charge is 0.335 e. The molecule has 0 radical (unpaired) electrons. The molecule has 0 unspecified atom stereocenters. The number of aliphatic hydroxyl groups is 1. The normalized spacial score (nSPS) is 10.6. The summed E-state index contributed by atoms with van der Waals surface area (Å²) in [5.74, 6) is -0.925. The molecule has 0 aliphatic heterocycles. The summed E-state index contributed by atoms with van der Waals surface area (Å²) in [6, 6.07) is 4.92. The van der Waals surface area contributed by atoms with E-state index in [9.17, 15) is 4.79 Å². The fourth-order valence-electron chi connectivity index (χ4n) is 1.34. The second-order valence-electron chi connectivity index (χ2n) is 2.94. The van der Waals surface area contributed by atoms with Gasteiger partial charge in [0.15, 0.2) is 0 Å². The van der Waals surface area contributed by atoms with E-state index in [1.807, 2.05) is 5.38 Å². The van der Waals surface area contributed by atoms with E-state index in [2.05, 4.69) is 0 Å². The van der Waals surface area contributed by atoms with Crippen molar-refractivity contribution in [3.05, 3.63) is 34.7 Å². The predicted molar refractivity (Wildman–Crippen MR) is 54.7 cm³/mol. The Kier molecular flexibility index (Phi) is 2.23. The van der Waals surface area contributed by atoms with Gasteiger partial charge >= 0.3 is 5.97 Å². The number of hydrogen-bond donors (Lipinski definition) is 2. The molecule has 4 heteroatoms. The first-order chi connectivity index (χ1) is 6.72. The summed E-state index contributed by atoms with van der Waals surface area (Å²) in [5, 5.41) is 20.5. The van der Waals surface area contributed by atoms with E-state index in [0.29, 0.717) is 0 Å². The fraction of sp³-hybridized carbons (Fsp3) is 0.100. The number of carbonyl (C=O) groups is 1. The monoisotopic (exact) mass is 208 g/mol. The first-order valence-corrected chi connectivity index (χ1v) is 4.94. The van der Waals surface area contributed by atoms with E-state index in [0.717, 1.165) is 15.6 Å². The molecule has 1 aromatic heterocycles. The molecular formula is C10H8O3S. The number of hydrogen-bond acceptors (Lipinski definition) is 3. The summed E-state index contributed by atoms with van der Waals surface area (Å²) in [6.45, 7) is -0.00752. The van der Waals surface area contributed by atoms with Crippen LogP contribution in [0.2, 0.25) is 0 Å². The number of aliphatic hydroxyl groups excluding tert-OH is 1. The third-order valence-electron chi connectivity index (χ3n) is 2.07. The maximum atomic E-state index is 10.7. The van der Waals surface area contributed by atoms with Crippen molar-refractivity contribution in [1.82, 2.24) is 0 Å². The Morgan fingerprint density at radius 1 is 1.43 bits per heavy atom. The highest BCUT2D eigenvalue weighted by molar-refractivity contribution is 7.17. The van der Waals surface area contributed by atoms with Crippen LogP contribution >= 0.6 is 11.3 Å². The number of benzene rings is 1. The third kappa shape index (κ3) is 1.38. The number of aromatic carboxylic acids is 1. The molecule has 0 saturated heterocycles. The van der Waals surface area contributed by atoms with Crippen LogP contribution in [0.25, 0.3) is 10.1 Å². The average molecular weight is 208 g/mol. The Bertz CT molecular complexity index is 487. The third-order valence-corrected chi connectivity index (χ3v) is 3.07. The highest BCUT2D eigenvalue weighted by atomic mass is 32.1. The first kappa shape index (κ1) is 9.18. The van der Waals surface area contributed by atoms with Crippen LogP contribution in [0.1, 0.15) is 15.9 Å². The maximum absolute atomic E-state index is 10.7. The molecule has 0 atom stereocenters. The fourth-order valence-corrected chi connectivity index (χ4v) is 2.33. The van der Waals surface area contributed by atoms with Gasteiger partial charge in [0.1, 0.15) is 0 Å². The van der Waals surface area contributed by atoms with Gasteiger partial charge in [-0.25, -0.2) is 4.79 Å². The minimum absolute atomic E-state index is 0.00752. The molecule has 1 aromatic carbocycles. The zero-order chi connectivity index (χ0) is 10.1. The molecule has 2 N–H and O–H groups in total. The molecule has 1 heterocycles. The molecule has 0 aliphatic rings. The SMILES string of the molecule is O=C(O)c1ccc2c(CO)csc2c1. The van der Waals surface area contributed by atoms with E-state index >= 15 is 0 Å². The quantitative estimate of drug-likeness (QED) is 0.794. The zero-order valence-corrected chi connectivity index (χ0v) is 8.04. The highest BCUT2D eigenvalue weighted by Gasteiger charge is 2.07. The number of rotatable bonds is 2. The molecule has 0 saturated carbocycles. The largest absolute Gasteiger partial charge is 0.478 e. The van der Waals surface area contributed by atoms with Crippen molar-refractivity contribution in [2.45, 2.75) is 6.61 Å². The second kappa shape index (κ2) is 3.40. The summed E-state index contributed by atoms with van der Waals surface area (Å²) in [6.07, 6.45) is 0. The maximum Gasteiger partial charge on any atom is 0.335 e. The molecule has 0 bridgehead atoms. The summed E-state index contributed by atoms with van der Waals surface area (Å²) >= 11 is 1.45. The Morgan fingerprint density at radius 2 is 2.21 bits per heavy atom. The van der Waals surface area contributed by atoms with Crippen molar-refractivity contribution < 1.29 is 15.0 Å². The lowest BCUT2D eigenvalue weighted by Crippen LogP contribution is -1.94.